The first-order valence-corrected chi connectivity index (χ1v) is 10.1. The molecule has 0 radical (unpaired) electrons. The van der Waals surface area contributed by atoms with Crippen LogP contribution in [-0.2, 0) is 4.79 Å². The molecule has 0 atom stereocenters. The van der Waals surface area contributed by atoms with Crippen molar-refractivity contribution in [2.75, 3.05) is 43.5 Å². The van der Waals surface area contributed by atoms with Gasteiger partial charge in [-0.1, -0.05) is 12.1 Å². The van der Waals surface area contributed by atoms with Crippen LogP contribution in [0.25, 0.3) is 6.08 Å². The van der Waals surface area contributed by atoms with Gasteiger partial charge >= 0.3 is 0 Å². The van der Waals surface area contributed by atoms with Gasteiger partial charge < -0.3 is 20.3 Å². The standard InChI is InChI=1S/C22H29N5O2/c1-17-16-20(27-14-4-3-5-15-27)26-22(25-17)24-13-12-23-21(28)11-8-18-6-9-19(29-2)10-7-18/h6-11,16H,3-5,12-15H2,1-2H3,(H,23,28)(H,24,25,26)/b11-8+. The van der Waals surface area contributed by atoms with Crippen LogP contribution < -0.4 is 20.3 Å². The summed E-state index contributed by atoms with van der Waals surface area (Å²) in [4.78, 5) is 23.4. The minimum Gasteiger partial charge on any atom is -0.497 e. The Morgan fingerprint density at radius 2 is 1.90 bits per heavy atom. The van der Waals surface area contributed by atoms with Crippen molar-refractivity contribution in [1.82, 2.24) is 15.3 Å². The molecule has 1 amide bonds. The first kappa shape index (κ1) is 20.6. The summed E-state index contributed by atoms with van der Waals surface area (Å²) in [5.41, 5.74) is 1.88. The van der Waals surface area contributed by atoms with Crippen molar-refractivity contribution in [2.24, 2.45) is 0 Å². The number of nitrogens with zero attached hydrogens (tertiary/aromatic N) is 3. The lowest BCUT2D eigenvalue weighted by atomic mass is 10.1. The normalized spacial score (nSPS) is 14.1. The molecule has 1 aromatic carbocycles. The molecule has 0 saturated carbocycles. The van der Waals surface area contributed by atoms with Crippen molar-refractivity contribution < 1.29 is 9.53 Å². The summed E-state index contributed by atoms with van der Waals surface area (Å²) in [7, 11) is 1.63. The largest absolute Gasteiger partial charge is 0.497 e. The molecule has 7 nitrogen and oxygen atoms in total. The zero-order valence-corrected chi connectivity index (χ0v) is 17.1. The molecule has 0 spiro atoms. The van der Waals surface area contributed by atoms with Crippen molar-refractivity contribution in [3.8, 4) is 5.75 Å². The second kappa shape index (κ2) is 10.5. The van der Waals surface area contributed by atoms with Crippen molar-refractivity contribution in [3.05, 3.63) is 47.7 Å². The summed E-state index contributed by atoms with van der Waals surface area (Å²) in [6.45, 7) is 5.12. The lowest BCUT2D eigenvalue weighted by Gasteiger charge is -2.28. The molecule has 1 aliphatic rings. The van der Waals surface area contributed by atoms with E-state index in [1.807, 2.05) is 37.3 Å². The molecule has 0 aliphatic carbocycles. The highest BCUT2D eigenvalue weighted by Gasteiger charge is 2.13. The van der Waals surface area contributed by atoms with Gasteiger partial charge in [0.1, 0.15) is 11.6 Å². The van der Waals surface area contributed by atoms with Gasteiger partial charge in [-0.3, -0.25) is 4.79 Å². The molecule has 2 N–H and O–H groups in total. The summed E-state index contributed by atoms with van der Waals surface area (Å²) in [6.07, 6.45) is 7.01. The molecular formula is C22H29N5O2. The number of benzene rings is 1. The number of ether oxygens (including phenoxy) is 1. The Kier molecular flexibility index (Phi) is 7.44. The number of methoxy groups -OCH3 is 1. The molecule has 1 saturated heterocycles. The molecule has 3 rings (SSSR count). The minimum atomic E-state index is -0.137. The summed E-state index contributed by atoms with van der Waals surface area (Å²) in [6, 6.07) is 9.56. The summed E-state index contributed by atoms with van der Waals surface area (Å²) in [5.74, 6) is 2.24. The van der Waals surface area contributed by atoms with E-state index in [2.05, 4.69) is 25.5 Å². The van der Waals surface area contributed by atoms with Crippen molar-refractivity contribution in [1.29, 1.82) is 0 Å². The predicted molar refractivity (Wildman–Crippen MR) is 116 cm³/mol. The summed E-state index contributed by atoms with van der Waals surface area (Å²) < 4.78 is 5.12. The molecule has 1 fully saturated rings. The highest BCUT2D eigenvalue weighted by molar-refractivity contribution is 5.91. The molecule has 1 aromatic heterocycles. The van der Waals surface area contributed by atoms with Gasteiger partial charge in [0.25, 0.3) is 0 Å². The fourth-order valence-corrected chi connectivity index (χ4v) is 3.22. The van der Waals surface area contributed by atoms with Crippen LogP contribution in [0.1, 0.15) is 30.5 Å². The predicted octanol–water partition coefficient (Wildman–Crippen LogP) is 3.03. The van der Waals surface area contributed by atoms with E-state index < -0.39 is 0 Å². The third kappa shape index (κ3) is 6.48. The van der Waals surface area contributed by atoms with Gasteiger partial charge in [0.05, 0.1) is 7.11 Å². The Bertz CT molecular complexity index is 830. The van der Waals surface area contributed by atoms with Crippen LogP contribution in [0.15, 0.2) is 36.4 Å². The number of anilines is 2. The van der Waals surface area contributed by atoms with E-state index in [1.54, 1.807) is 13.2 Å². The van der Waals surface area contributed by atoms with Gasteiger partial charge in [-0.25, -0.2) is 4.98 Å². The topological polar surface area (TPSA) is 79.4 Å². The SMILES string of the molecule is COc1ccc(/C=C/C(=O)NCCNc2nc(C)cc(N3CCCCC3)n2)cc1. The van der Waals surface area contributed by atoms with Crippen molar-refractivity contribution in [3.63, 3.8) is 0 Å². The van der Waals surface area contributed by atoms with Crippen LogP contribution in [0.2, 0.25) is 0 Å². The molecular weight excluding hydrogens is 366 g/mol. The second-order valence-electron chi connectivity index (χ2n) is 7.06. The van der Waals surface area contributed by atoms with E-state index in [1.165, 1.54) is 25.3 Å². The highest BCUT2D eigenvalue weighted by atomic mass is 16.5. The van der Waals surface area contributed by atoms with Crippen LogP contribution >= 0.6 is 0 Å². The molecule has 29 heavy (non-hydrogen) atoms. The van der Waals surface area contributed by atoms with Crippen molar-refractivity contribution in [2.45, 2.75) is 26.2 Å². The highest BCUT2D eigenvalue weighted by Crippen LogP contribution is 2.19. The van der Waals surface area contributed by atoms with E-state index in [0.29, 0.717) is 19.0 Å². The summed E-state index contributed by atoms with van der Waals surface area (Å²) in [5, 5.41) is 6.06. The van der Waals surface area contributed by atoms with Crippen LogP contribution in [0.4, 0.5) is 11.8 Å². The molecule has 154 valence electrons. The van der Waals surface area contributed by atoms with E-state index in [0.717, 1.165) is 35.9 Å². The van der Waals surface area contributed by atoms with Crippen LogP contribution in [-0.4, -0.2) is 49.2 Å². The lowest BCUT2D eigenvalue weighted by Crippen LogP contribution is -2.31. The smallest absolute Gasteiger partial charge is 0.244 e. The number of aromatic nitrogens is 2. The number of rotatable bonds is 8. The number of piperidine rings is 1. The number of nitrogens with one attached hydrogen (secondary N) is 2. The number of hydrogen-bond acceptors (Lipinski definition) is 6. The van der Waals surface area contributed by atoms with Crippen LogP contribution in [0.5, 0.6) is 5.75 Å². The number of carbonyl (C=O) groups is 1. The Hall–Kier alpha value is -3.09. The monoisotopic (exact) mass is 395 g/mol. The number of aryl methyl sites for hydroxylation is 1. The average Bonchev–Trinajstić information content (AvgIpc) is 2.76. The maximum absolute atomic E-state index is 12.0. The molecule has 0 bridgehead atoms. The molecule has 7 heteroatoms. The van der Waals surface area contributed by atoms with Gasteiger partial charge in [0.2, 0.25) is 11.9 Å². The fourth-order valence-electron chi connectivity index (χ4n) is 3.22. The lowest BCUT2D eigenvalue weighted by molar-refractivity contribution is -0.116. The quantitative estimate of drug-likeness (QED) is 0.528. The first-order valence-electron chi connectivity index (χ1n) is 10.1. The Balaban J connectivity index is 1.44. The Labute approximate surface area is 172 Å². The van der Waals surface area contributed by atoms with Crippen LogP contribution in [0, 0.1) is 6.92 Å². The van der Waals surface area contributed by atoms with Crippen LogP contribution in [0.3, 0.4) is 0 Å². The molecule has 1 aliphatic heterocycles. The van der Waals surface area contributed by atoms with E-state index in [9.17, 15) is 4.79 Å². The molecule has 2 heterocycles. The number of amides is 1. The zero-order chi connectivity index (χ0) is 20.5. The molecule has 0 unspecified atom stereocenters. The first-order chi connectivity index (χ1) is 14.1. The van der Waals surface area contributed by atoms with Gasteiger partial charge in [-0.05, 0) is 50.0 Å². The van der Waals surface area contributed by atoms with E-state index in [4.69, 9.17) is 4.74 Å². The van der Waals surface area contributed by atoms with E-state index in [-0.39, 0.29) is 5.91 Å². The van der Waals surface area contributed by atoms with Gasteiger partial charge in [-0.15, -0.1) is 0 Å². The fraction of sp³-hybridized carbons (Fsp3) is 0.409. The second-order valence-corrected chi connectivity index (χ2v) is 7.06. The molecule has 2 aromatic rings. The number of carbonyl (C=O) groups excluding carboxylic acids is 1. The van der Waals surface area contributed by atoms with Gasteiger partial charge in [0, 0.05) is 44.0 Å². The van der Waals surface area contributed by atoms with Gasteiger partial charge in [-0.2, -0.15) is 4.98 Å². The zero-order valence-electron chi connectivity index (χ0n) is 17.1. The number of hydrogen-bond donors (Lipinski definition) is 2. The maximum atomic E-state index is 12.0. The Morgan fingerprint density at radius 3 is 2.62 bits per heavy atom. The summed E-state index contributed by atoms with van der Waals surface area (Å²) >= 11 is 0. The third-order valence-corrected chi connectivity index (χ3v) is 4.77. The van der Waals surface area contributed by atoms with E-state index >= 15 is 0 Å². The van der Waals surface area contributed by atoms with Crippen molar-refractivity contribution >= 4 is 23.7 Å². The van der Waals surface area contributed by atoms with Gasteiger partial charge in [0.15, 0.2) is 0 Å². The minimum absolute atomic E-state index is 0.137. The Morgan fingerprint density at radius 1 is 1.14 bits per heavy atom. The maximum Gasteiger partial charge on any atom is 0.244 e. The average molecular weight is 396 g/mol. The third-order valence-electron chi connectivity index (χ3n) is 4.77.